The average Bonchev–Trinajstić information content (AvgIpc) is 2.21. The molecule has 0 bridgehead atoms. The molecule has 0 aliphatic heterocycles. The number of Topliss-reactive ketones (excluding diaryl/α,β-unsaturated/α-hetero) is 1. The summed E-state index contributed by atoms with van der Waals surface area (Å²) in [7, 11) is 0. The molecule has 0 unspecified atom stereocenters. The van der Waals surface area contributed by atoms with Crippen molar-refractivity contribution in [2.45, 2.75) is 19.9 Å². The first kappa shape index (κ1) is 12.1. The number of hydrogen-bond acceptors (Lipinski definition) is 5. The van der Waals surface area contributed by atoms with Crippen LogP contribution >= 0.6 is 0 Å². The number of ether oxygens (including phenoxy) is 1. The first-order chi connectivity index (χ1) is 7.63. The van der Waals surface area contributed by atoms with Crippen LogP contribution in [0, 0.1) is 0 Å². The largest absolute Gasteiger partial charge is 0.466 e. The molecule has 0 atom stereocenters. The minimum atomic E-state index is -0.587. The van der Waals surface area contributed by atoms with E-state index >= 15 is 0 Å². The molecule has 0 N–H and O–H groups in total. The van der Waals surface area contributed by atoms with E-state index in [1.165, 1.54) is 18.3 Å². The Kier molecular flexibility index (Phi) is 4.38. The molecule has 0 aliphatic carbocycles. The van der Waals surface area contributed by atoms with Gasteiger partial charge in [0.05, 0.1) is 6.61 Å². The molecule has 16 heavy (non-hydrogen) atoms. The van der Waals surface area contributed by atoms with E-state index in [0.29, 0.717) is 0 Å². The molecule has 0 aliphatic rings. The summed E-state index contributed by atoms with van der Waals surface area (Å²) in [6, 6.07) is 2.78. The zero-order valence-corrected chi connectivity index (χ0v) is 8.88. The Morgan fingerprint density at radius 1 is 1.50 bits per heavy atom. The molecule has 1 aromatic rings. The number of ketones is 1. The van der Waals surface area contributed by atoms with Crippen LogP contribution in [0.1, 0.15) is 13.3 Å². The Balaban J connectivity index is 2.56. The van der Waals surface area contributed by atoms with Gasteiger partial charge in [-0.15, -0.1) is 0 Å². The number of carbonyl (C=O) groups is 2. The molecule has 0 spiro atoms. The van der Waals surface area contributed by atoms with E-state index in [1.54, 1.807) is 6.92 Å². The van der Waals surface area contributed by atoms with Gasteiger partial charge >= 0.3 is 5.97 Å². The van der Waals surface area contributed by atoms with E-state index in [2.05, 4.69) is 9.84 Å². The third kappa shape index (κ3) is 3.64. The third-order valence-electron chi connectivity index (χ3n) is 1.76. The molecule has 1 rings (SSSR count). The van der Waals surface area contributed by atoms with Crippen molar-refractivity contribution in [2.24, 2.45) is 0 Å². The lowest BCUT2D eigenvalue weighted by molar-refractivity contribution is -0.145. The second kappa shape index (κ2) is 5.79. The van der Waals surface area contributed by atoms with Crippen molar-refractivity contribution in [3.63, 3.8) is 0 Å². The standard InChI is InChI=1S/C10H12N2O4/c1-2-16-10(15)6-8(13)7-12-9(14)4-3-5-11-12/h3-5H,2,6-7H2,1H3. The van der Waals surface area contributed by atoms with Crippen molar-refractivity contribution in [1.82, 2.24) is 9.78 Å². The number of aromatic nitrogens is 2. The minimum absolute atomic E-state index is 0.210. The van der Waals surface area contributed by atoms with Gasteiger partial charge in [-0.1, -0.05) is 0 Å². The Hall–Kier alpha value is -1.98. The topological polar surface area (TPSA) is 78.3 Å². The normalized spacial score (nSPS) is 9.81. The van der Waals surface area contributed by atoms with Crippen LogP contribution in [0.2, 0.25) is 0 Å². The predicted molar refractivity (Wildman–Crippen MR) is 54.8 cm³/mol. The minimum Gasteiger partial charge on any atom is -0.466 e. The van der Waals surface area contributed by atoms with Gasteiger partial charge in [-0.05, 0) is 13.0 Å². The summed E-state index contributed by atoms with van der Waals surface area (Å²) in [6.45, 7) is 1.68. The van der Waals surface area contributed by atoms with Gasteiger partial charge < -0.3 is 4.74 Å². The average molecular weight is 224 g/mol. The molecule has 86 valence electrons. The van der Waals surface area contributed by atoms with E-state index in [-0.39, 0.29) is 25.1 Å². The summed E-state index contributed by atoms with van der Waals surface area (Å²) < 4.78 is 5.61. The molecule has 1 heterocycles. The zero-order chi connectivity index (χ0) is 12.0. The summed E-state index contributed by atoms with van der Waals surface area (Å²) in [5.41, 5.74) is -0.375. The van der Waals surface area contributed by atoms with Gasteiger partial charge in [0.2, 0.25) is 0 Å². The van der Waals surface area contributed by atoms with Crippen LogP contribution < -0.4 is 5.56 Å². The molecule has 0 aromatic carbocycles. The lowest BCUT2D eigenvalue weighted by Gasteiger charge is -2.02. The number of hydrogen-bond donors (Lipinski definition) is 0. The van der Waals surface area contributed by atoms with E-state index in [9.17, 15) is 14.4 Å². The second-order valence-electron chi connectivity index (χ2n) is 3.04. The van der Waals surface area contributed by atoms with Gasteiger partial charge in [0.1, 0.15) is 13.0 Å². The fraction of sp³-hybridized carbons (Fsp3) is 0.400. The second-order valence-corrected chi connectivity index (χ2v) is 3.04. The highest BCUT2D eigenvalue weighted by Crippen LogP contribution is 1.90. The fourth-order valence-electron chi connectivity index (χ4n) is 1.10. The third-order valence-corrected chi connectivity index (χ3v) is 1.76. The Bertz CT molecular complexity index is 438. The van der Waals surface area contributed by atoms with Crippen LogP contribution in [0.5, 0.6) is 0 Å². The summed E-state index contributed by atoms with van der Waals surface area (Å²) in [5.74, 6) is -0.990. The molecule has 0 radical (unpaired) electrons. The summed E-state index contributed by atoms with van der Waals surface area (Å²) >= 11 is 0. The molecule has 1 aromatic heterocycles. The number of rotatable bonds is 5. The van der Waals surface area contributed by atoms with Crippen LogP contribution in [-0.2, 0) is 20.9 Å². The van der Waals surface area contributed by atoms with Crippen LogP contribution in [0.25, 0.3) is 0 Å². The smallest absolute Gasteiger partial charge is 0.313 e. The molecular weight excluding hydrogens is 212 g/mol. The summed E-state index contributed by atoms with van der Waals surface area (Å²) in [5, 5.41) is 3.70. The molecule has 0 amide bonds. The molecule has 6 nitrogen and oxygen atoms in total. The highest BCUT2D eigenvalue weighted by Gasteiger charge is 2.11. The van der Waals surface area contributed by atoms with Crippen molar-refractivity contribution >= 4 is 11.8 Å². The fourth-order valence-corrected chi connectivity index (χ4v) is 1.10. The van der Waals surface area contributed by atoms with Gasteiger partial charge in [0, 0.05) is 12.3 Å². The van der Waals surface area contributed by atoms with Crippen molar-refractivity contribution in [2.75, 3.05) is 6.61 Å². The van der Waals surface area contributed by atoms with Gasteiger partial charge in [-0.2, -0.15) is 5.10 Å². The molecular formula is C10H12N2O4. The Labute approximate surface area is 91.8 Å². The maximum atomic E-state index is 11.3. The van der Waals surface area contributed by atoms with Crippen molar-refractivity contribution in [1.29, 1.82) is 0 Å². The summed E-state index contributed by atoms with van der Waals surface area (Å²) in [4.78, 5) is 33.5. The van der Waals surface area contributed by atoms with Crippen LogP contribution in [-0.4, -0.2) is 28.1 Å². The summed E-state index contributed by atoms with van der Waals surface area (Å²) in [6.07, 6.45) is 1.07. The molecule has 0 fully saturated rings. The molecule has 0 saturated heterocycles. The lowest BCUT2D eigenvalue weighted by Crippen LogP contribution is -2.26. The van der Waals surface area contributed by atoms with Crippen LogP contribution in [0.3, 0.4) is 0 Å². The van der Waals surface area contributed by atoms with Gasteiger partial charge in [-0.3, -0.25) is 14.4 Å². The van der Waals surface area contributed by atoms with Crippen molar-refractivity contribution in [3.05, 3.63) is 28.7 Å². The first-order valence-electron chi connectivity index (χ1n) is 4.83. The molecule has 0 saturated carbocycles. The van der Waals surface area contributed by atoms with Crippen LogP contribution in [0.4, 0.5) is 0 Å². The number of nitrogens with zero attached hydrogens (tertiary/aromatic N) is 2. The SMILES string of the molecule is CCOC(=O)CC(=O)Cn1ncccc1=O. The van der Waals surface area contributed by atoms with E-state index in [4.69, 9.17) is 0 Å². The first-order valence-corrected chi connectivity index (χ1v) is 4.83. The Morgan fingerprint density at radius 3 is 2.88 bits per heavy atom. The van der Waals surface area contributed by atoms with Crippen molar-refractivity contribution < 1.29 is 14.3 Å². The number of esters is 1. The lowest BCUT2D eigenvalue weighted by atomic mass is 10.3. The maximum Gasteiger partial charge on any atom is 0.313 e. The Morgan fingerprint density at radius 2 is 2.25 bits per heavy atom. The quantitative estimate of drug-likeness (QED) is 0.509. The van der Waals surface area contributed by atoms with E-state index in [1.807, 2.05) is 0 Å². The van der Waals surface area contributed by atoms with Crippen molar-refractivity contribution in [3.8, 4) is 0 Å². The highest BCUT2D eigenvalue weighted by atomic mass is 16.5. The highest BCUT2D eigenvalue weighted by molar-refractivity contribution is 5.95. The molecule has 6 heteroatoms. The zero-order valence-electron chi connectivity index (χ0n) is 8.88. The van der Waals surface area contributed by atoms with Gasteiger partial charge in [0.15, 0.2) is 5.78 Å². The number of carbonyl (C=O) groups excluding carboxylic acids is 2. The maximum absolute atomic E-state index is 11.3. The van der Waals surface area contributed by atoms with Gasteiger partial charge in [-0.25, -0.2) is 4.68 Å². The van der Waals surface area contributed by atoms with E-state index in [0.717, 1.165) is 4.68 Å². The predicted octanol–water partition coefficient (Wildman–Crippen LogP) is -0.234. The monoisotopic (exact) mass is 224 g/mol. The van der Waals surface area contributed by atoms with E-state index < -0.39 is 11.8 Å². The van der Waals surface area contributed by atoms with Crippen LogP contribution in [0.15, 0.2) is 23.1 Å². The van der Waals surface area contributed by atoms with Gasteiger partial charge in [0.25, 0.3) is 5.56 Å².